The summed E-state index contributed by atoms with van der Waals surface area (Å²) in [4.78, 5) is 13.0. The van der Waals surface area contributed by atoms with E-state index >= 15 is 0 Å². The van der Waals surface area contributed by atoms with Crippen LogP contribution in [-0.2, 0) is 42.0 Å². The summed E-state index contributed by atoms with van der Waals surface area (Å²) in [6.07, 6.45) is 1.49. The fourth-order valence-electron chi connectivity index (χ4n) is 5.09. The van der Waals surface area contributed by atoms with Gasteiger partial charge in [-0.3, -0.25) is 4.79 Å². The highest BCUT2D eigenvalue weighted by Crippen LogP contribution is 2.28. The summed E-state index contributed by atoms with van der Waals surface area (Å²) in [7, 11) is 0. The fourth-order valence-corrected chi connectivity index (χ4v) is 5.09. The molecule has 4 aromatic carbocycles. The molecule has 1 aliphatic rings. The van der Waals surface area contributed by atoms with Crippen LogP contribution in [0, 0.1) is 0 Å². The van der Waals surface area contributed by atoms with E-state index in [9.17, 15) is 15.0 Å². The Bertz CT molecular complexity index is 1410. The van der Waals surface area contributed by atoms with E-state index in [1.807, 2.05) is 78.9 Å². The number of aliphatic hydroxyl groups excluding tert-OH is 1. The molecule has 6 nitrogen and oxygen atoms in total. The minimum Gasteiger partial charge on any atom is -0.508 e. The first kappa shape index (κ1) is 27.4. The molecule has 0 aliphatic heterocycles. The number of amides is 1. The molecule has 1 amide bonds. The van der Waals surface area contributed by atoms with Gasteiger partial charge in [-0.1, -0.05) is 72.8 Å². The van der Waals surface area contributed by atoms with Crippen LogP contribution in [0.5, 0.6) is 11.5 Å². The van der Waals surface area contributed by atoms with Gasteiger partial charge in [0.05, 0.1) is 13.2 Å². The number of fused-ring (bicyclic) bond motifs is 1. The van der Waals surface area contributed by atoms with E-state index in [-0.39, 0.29) is 11.8 Å². The molecular weight excluding hydrogens is 502 g/mol. The quantitative estimate of drug-likeness (QED) is 0.222. The first-order valence-corrected chi connectivity index (χ1v) is 13.8. The van der Waals surface area contributed by atoms with Gasteiger partial charge in [-0.05, 0) is 83.3 Å². The number of ether oxygens (including phenoxy) is 2. The monoisotopic (exact) mass is 537 g/mol. The number of carbonyl (C=O) groups is 1. The van der Waals surface area contributed by atoms with E-state index in [0.29, 0.717) is 44.0 Å². The van der Waals surface area contributed by atoms with Gasteiger partial charge in [0.15, 0.2) is 6.10 Å². The number of hydrogen-bond donors (Lipinski definition) is 3. The van der Waals surface area contributed by atoms with Gasteiger partial charge in [-0.15, -0.1) is 0 Å². The molecule has 0 aromatic heterocycles. The summed E-state index contributed by atoms with van der Waals surface area (Å²) in [5.74, 6) is 0.491. The average molecular weight is 538 g/mol. The lowest BCUT2D eigenvalue weighted by molar-refractivity contribution is -0.130. The third-order valence-electron chi connectivity index (χ3n) is 7.28. The number of nitrogens with one attached hydrogen (secondary N) is 1. The standard InChI is InChI=1S/C34H35NO5/c36-31-15-12-26-11-14-30(20-29(26)21-31)35-34(38)33(37)28-13-16-32(40-23-25-9-5-2-6-10-25)27(19-28)17-18-39-22-24-7-3-1-4-8-24/h1-10,12-13,15-16,19,21,30,33,36-37H,11,14,17-18,20,22-23H2,(H,35,38)/t30-,33+/m0/s1. The molecule has 206 valence electrons. The van der Waals surface area contributed by atoms with Crippen molar-refractivity contribution in [2.45, 2.75) is 51.0 Å². The second-order valence-electron chi connectivity index (χ2n) is 10.2. The van der Waals surface area contributed by atoms with Crippen molar-refractivity contribution in [3.05, 3.63) is 130 Å². The molecule has 3 N–H and O–H groups in total. The first-order valence-electron chi connectivity index (χ1n) is 13.8. The van der Waals surface area contributed by atoms with E-state index < -0.39 is 12.0 Å². The fraction of sp³-hybridized carbons (Fsp3) is 0.265. The third-order valence-corrected chi connectivity index (χ3v) is 7.28. The van der Waals surface area contributed by atoms with Gasteiger partial charge in [-0.25, -0.2) is 0 Å². The molecule has 0 fully saturated rings. The molecule has 0 unspecified atom stereocenters. The van der Waals surface area contributed by atoms with Gasteiger partial charge in [0, 0.05) is 6.04 Å². The molecule has 1 aliphatic carbocycles. The second-order valence-corrected chi connectivity index (χ2v) is 10.2. The van der Waals surface area contributed by atoms with Gasteiger partial charge in [0.2, 0.25) is 0 Å². The van der Waals surface area contributed by atoms with Crippen molar-refractivity contribution in [2.24, 2.45) is 0 Å². The average Bonchev–Trinajstić information content (AvgIpc) is 2.99. The van der Waals surface area contributed by atoms with Crippen LogP contribution in [0.3, 0.4) is 0 Å². The maximum Gasteiger partial charge on any atom is 0.253 e. The summed E-state index contributed by atoms with van der Waals surface area (Å²) in [6, 6.07) is 30.6. The Kier molecular flexibility index (Phi) is 9.11. The number of aliphatic hydroxyl groups is 1. The predicted octanol–water partition coefficient (Wildman–Crippen LogP) is 5.44. The number of aryl methyl sites for hydroxylation is 1. The Morgan fingerprint density at radius 2 is 1.60 bits per heavy atom. The molecule has 0 saturated heterocycles. The van der Waals surface area contributed by atoms with Crippen LogP contribution in [0.25, 0.3) is 0 Å². The number of hydrogen-bond acceptors (Lipinski definition) is 5. The summed E-state index contributed by atoms with van der Waals surface area (Å²) in [5.41, 5.74) is 5.76. The van der Waals surface area contributed by atoms with Crippen molar-refractivity contribution >= 4 is 5.91 Å². The Morgan fingerprint density at radius 1 is 0.875 bits per heavy atom. The van der Waals surface area contributed by atoms with Gasteiger partial charge >= 0.3 is 0 Å². The largest absolute Gasteiger partial charge is 0.508 e. The van der Waals surface area contributed by atoms with Crippen LogP contribution in [-0.4, -0.2) is 28.8 Å². The highest BCUT2D eigenvalue weighted by atomic mass is 16.5. The molecule has 0 spiro atoms. The molecule has 4 aromatic rings. The van der Waals surface area contributed by atoms with E-state index in [4.69, 9.17) is 9.47 Å². The van der Waals surface area contributed by atoms with Gasteiger partial charge < -0.3 is 25.0 Å². The second kappa shape index (κ2) is 13.3. The van der Waals surface area contributed by atoms with Crippen molar-refractivity contribution in [1.29, 1.82) is 0 Å². The zero-order valence-electron chi connectivity index (χ0n) is 22.5. The van der Waals surface area contributed by atoms with E-state index in [2.05, 4.69) is 5.32 Å². The number of carbonyl (C=O) groups excluding carboxylic acids is 1. The summed E-state index contributed by atoms with van der Waals surface area (Å²) < 4.78 is 12.1. The third kappa shape index (κ3) is 7.29. The predicted molar refractivity (Wildman–Crippen MR) is 154 cm³/mol. The number of rotatable bonds is 11. The molecule has 0 saturated carbocycles. The highest BCUT2D eigenvalue weighted by molar-refractivity contribution is 5.82. The lowest BCUT2D eigenvalue weighted by Gasteiger charge is -2.26. The van der Waals surface area contributed by atoms with Crippen molar-refractivity contribution in [3.63, 3.8) is 0 Å². The van der Waals surface area contributed by atoms with E-state index in [0.717, 1.165) is 35.1 Å². The summed E-state index contributed by atoms with van der Waals surface area (Å²) in [5, 5.41) is 23.8. The zero-order chi connectivity index (χ0) is 27.7. The SMILES string of the molecule is O=C(N[C@H]1CCc2ccc(O)cc2C1)[C@H](O)c1ccc(OCc2ccccc2)c(CCOCc2ccccc2)c1. The molecule has 2 atom stereocenters. The summed E-state index contributed by atoms with van der Waals surface area (Å²) in [6.45, 7) is 1.39. The highest BCUT2D eigenvalue weighted by Gasteiger charge is 2.25. The van der Waals surface area contributed by atoms with Crippen molar-refractivity contribution in [3.8, 4) is 11.5 Å². The smallest absolute Gasteiger partial charge is 0.253 e. The lowest BCUT2D eigenvalue weighted by atomic mass is 9.88. The van der Waals surface area contributed by atoms with Crippen LogP contribution >= 0.6 is 0 Å². The number of phenolic OH excluding ortho intramolecular Hbond substituents is 1. The van der Waals surface area contributed by atoms with Gasteiger partial charge in [0.1, 0.15) is 18.1 Å². The normalized spacial score (nSPS) is 15.2. The van der Waals surface area contributed by atoms with Crippen LogP contribution < -0.4 is 10.1 Å². The Labute approximate surface area is 235 Å². The molecule has 6 heteroatoms. The molecule has 0 radical (unpaired) electrons. The zero-order valence-corrected chi connectivity index (χ0v) is 22.5. The molecule has 5 rings (SSSR count). The van der Waals surface area contributed by atoms with Crippen molar-refractivity contribution in [1.82, 2.24) is 5.32 Å². The number of benzene rings is 4. The molecule has 40 heavy (non-hydrogen) atoms. The topological polar surface area (TPSA) is 88.0 Å². The molecule has 0 bridgehead atoms. The van der Waals surface area contributed by atoms with Crippen LogP contribution in [0.1, 0.15) is 45.9 Å². The summed E-state index contributed by atoms with van der Waals surface area (Å²) >= 11 is 0. The Hall–Kier alpha value is -4.13. The maximum absolute atomic E-state index is 13.0. The van der Waals surface area contributed by atoms with Crippen LogP contribution in [0.4, 0.5) is 0 Å². The van der Waals surface area contributed by atoms with E-state index in [1.54, 1.807) is 18.2 Å². The van der Waals surface area contributed by atoms with Crippen LogP contribution in [0.15, 0.2) is 97.1 Å². The molecule has 0 heterocycles. The number of phenols is 1. The first-order chi connectivity index (χ1) is 19.5. The van der Waals surface area contributed by atoms with E-state index in [1.165, 1.54) is 5.56 Å². The van der Waals surface area contributed by atoms with Gasteiger partial charge in [-0.2, -0.15) is 0 Å². The van der Waals surface area contributed by atoms with Crippen molar-refractivity contribution in [2.75, 3.05) is 6.61 Å². The van der Waals surface area contributed by atoms with Gasteiger partial charge in [0.25, 0.3) is 5.91 Å². The van der Waals surface area contributed by atoms with Crippen molar-refractivity contribution < 1.29 is 24.5 Å². The lowest BCUT2D eigenvalue weighted by Crippen LogP contribution is -2.41. The van der Waals surface area contributed by atoms with Crippen LogP contribution in [0.2, 0.25) is 0 Å². The maximum atomic E-state index is 13.0. The molecular formula is C34H35NO5. The minimum absolute atomic E-state index is 0.101. The number of aromatic hydroxyl groups is 1. The Morgan fingerprint density at radius 3 is 2.35 bits per heavy atom. The minimum atomic E-state index is -1.31. The Balaban J connectivity index is 1.25.